The molecule has 2 aromatic carbocycles. The van der Waals surface area contributed by atoms with Crippen molar-refractivity contribution in [3.63, 3.8) is 0 Å². The molecule has 3 nitrogen and oxygen atoms in total. The summed E-state index contributed by atoms with van der Waals surface area (Å²) in [4.78, 5) is 12.1. The number of hydrogen-bond donors (Lipinski definition) is 2. The molecule has 0 heterocycles. The van der Waals surface area contributed by atoms with Crippen LogP contribution in [-0.4, -0.2) is 6.03 Å². The van der Waals surface area contributed by atoms with Gasteiger partial charge in [-0.15, -0.1) is 0 Å². The number of nitrogens with one attached hydrogen (secondary N) is 2. The van der Waals surface area contributed by atoms with Crippen molar-refractivity contribution in [2.24, 2.45) is 5.92 Å². The van der Waals surface area contributed by atoms with E-state index in [9.17, 15) is 4.79 Å². The van der Waals surface area contributed by atoms with Gasteiger partial charge in [0.15, 0.2) is 0 Å². The minimum atomic E-state index is -0.186. The van der Waals surface area contributed by atoms with E-state index in [0.29, 0.717) is 5.92 Å². The summed E-state index contributed by atoms with van der Waals surface area (Å²) in [5.41, 5.74) is 2.10. The first kappa shape index (κ1) is 14.6. The van der Waals surface area contributed by atoms with E-state index in [1.807, 2.05) is 48.7 Å². The van der Waals surface area contributed by atoms with E-state index in [4.69, 9.17) is 0 Å². The molecule has 1 saturated carbocycles. The molecular formula is C19H22N2O. The summed E-state index contributed by atoms with van der Waals surface area (Å²) >= 11 is 0. The zero-order valence-corrected chi connectivity index (χ0v) is 12.9. The quantitative estimate of drug-likeness (QED) is 0.816. The predicted octanol–water partition coefficient (Wildman–Crippen LogP) is 5.06. The number of carbonyl (C=O) groups is 1. The van der Waals surface area contributed by atoms with Crippen molar-refractivity contribution >= 4 is 22.5 Å². The number of amides is 2. The molecular weight excluding hydrogens is 272 g/mol. The Hall–Kier alpha value is -2.29. The van der Waals surface area contributed by atoms with Gasteiger partial charge in [0.1, 0.15) is 0 Å². The highest BCUT2D eigenvalue weighted by Gasteiger charge is 2.16. The molecule has 1 fully saturated rings. The van der Waals surface area contributed by atoms with Gasteiger partial charge in [0.05, 0.1) is 5.69 Å². The summed E-state index contributed by atoms with van der Waals surface area (Å²) in [6, 6.07) is 13.8. The van der Waals surface area contributed by atoms with Crippen LogP contribution in [0.25, 0.3) is 10.8 Å². The molecule has 0 aromatic heterocycles. The Morgan fingerprint density at radius 1 is 1.09 bits per heavy atom. The van der Waals surface area contributed by atoms with Crippen LogP contribution in [0.15, 0.2) is 54.2 Å². The van der Waals surface area contributed by atoms with Crippen LogP contribution in [0, 0.1) is 5.92 Å². The van der Waals surface area contributed by atoms with Gasteiger partial charge in [0, 0.05) is 11.6 Å². The van der Waals surface area contributed by atoms with Crippen molar-refractivity contribution in [1.82, 2.24) is 5.32 Å². The first-order valence-corrected chi connectivity index (χ1v) is 7.96. The van der Waals surface area contributed by atoms with Gasteiger partial charge in [-0.25, -0.2) is 4.79 Å². The fourth-order valence-electron chi connectivity index (χ4n) is 3.17. The normalized spacial score (nSPS) is 16.0. The molecule has 1 aliphatic rings. The molecule has 0 saturated heterocycles. The lowest BCUT2D eigenvalue weighted by Crippen LogP contribution is -2.24. The van der Waals surface area contributed by atoms with Gasteiger partial charge in [-0.05, 0) is 37.1 Å². The molecule has 0 unspecified atom stereocenters. The standard InChI is InChI=1S/C19H22N2O/c1-14(15-7-2-3-8-15)13-20-19(22)21-18-12-6-10-16-9-4-5-11-17(16)18/h4-6,9-13,15H,2-3,7-8H2,1H3,(H2,20,21,22)/b14-13+. The number of fused-ring (bicyclic) bond motifs is 1. The van der Waals surface area contributed by atoms with Crippen LogP contribution >= 0.6 is 0 Å². The van der Waals surface area contributed by atoms with E-state index in [1.54, 1.807) is 0 Å². The maximum Gasteiger partial charge on any atom is 0.323 e. The number of rotatable bonds is 3. The average molecular weight is 294 g/mol. The molecule has 0 bridgehead atoms. The molecule has 114 valence electrons. The number of allylic oxidation sites excluding steroid dienone is 1. The Morgan fingerprint density at radius 2 is 1.82 bits per heavy atom. The van der Waals surface area contributed by atoms with Crippen molar-refractivity contribution in [3.05, 3.63) is 54.2 Å². The van der Waals surface area contributed by atoms with E-state index in [0.717, 1.165) is 16.5 Å². The molecule has 1 aliphatic carbocycles. The van der Waals surface area contributed by atoms with E-state index in [1.165, 1.54) is 31.3 Å². The van der Waals surface area contributed by atoms with Crippen LogP contribution in [0.2, 0.25) is 0 Å². The average Bonchev–Trinajstić information content (AvgIpc) is 3.07. The lowest BCUT2D eigenvalue weighted by molar-refractivity contribution is 0.255. The Balaban J connectivity index is 1.67. The number of benzene rings is 2. The molecule has 0 atom stereocenters. The van der Waals surface area contributed by atoms with E-state index >= 15 is 0 Å². The fourth-order valence-corrected chi connectivity index (χ4v) is 3.17. The highest BCUT2D eigenvalue weighted by Crippen LogP contribution is 2.30. The topological polar surface area (TPSA) is 41.1 Å². The minimum absolute atomic E-state index is 0.186. The Labute approximate surface area is 131 Å². The number of carbonyl (C=O) groups excluding carboxylic acids is 1. The third-order valence-corrected chi connectivity index (χ3v) is 4.47. The number of anilines is 1. The first-order chi connectivity index (χ1) is 10.7. The lowest BCUT2D eigenvalue weighted by atomic mass is 10.0. The van der Waals surface area contributed by atoms with Crippen molar-refractivity contribution in [2.75, 3.05) is 5.32 Å². The fraction of sp³-hybridized carbons (Fsp3) is 0.316. The smallest absolute Gasteiger partial charge is 0.314 e. The SMILES string of the molecule is C/C(=C\NC(=O)Nc1cccc2ccccc12)C1CCCC1. The third kappa shape index (κ3) is 3.30. The second-order valence-corrected chi connectivity index (χ2v) is 5.99. The third-order valence-electron chi connectivity index (χ3n) is 4.47. The summed E-state index contributed by atoms with van der Waals surface area (Å²) < 4.78 is 0. The van der Waals surface area contributed by atoms with Gasteiger partial charge < -0.3 is 10.6 Å². The van der Waals surface area contributed by atoms with Gasteiger partial charge >= 0.3 is 6.03 Å². The summed E-state index contributed by atoms with van der Waals surface area (Å²) in [6.45, 7) is 2.11. The van der Waals surface area contributed by atoms with E-state index in [2.05, 4.69) is 17.6 Å². The van der Waals surface area contributed by atoms with Crippen molar-refractivity contribution in [2.45, 2.75) is 32.6 Å². The summed E-state index contributed by atoms with van der Waals surface area (Å²) in [5, 5.41) is 7.97. The molecule has 3 rings (SSSR count). The first-order valence-electron chi connectivity index (χ1n) is 7.96. The van der Waals surface area contributed by atoms with E-state index in [-0.39, 0.29) is 6.03 Å². The summed E-state index contributed by atoms with van der Waals surface area (Å²) in [6.07, 6.45) is 6.95. The minimum Gasteiger partial charge on any atom is -0.314 e. The van der Waals surface area contributed by atoms with Gasteiger partial charge in [0.25, 0.3) is 0 Å². The molecule has 0 spiro atoms. The van der Waals surface area contributed by atoms with Crippen LogP contribution in [0.4, 0.5) is 10.5 Å². The Bertz CT molecular complexity index is 694. The zero-order valence-electron chi connectivity index (χ0n) is 12.9. The molecule has 2 N–H and O–H groups in total. The second-order valence-electron chi connectivity index (χ2n) is 5.99. The van der Waals surface area contributed by atoms with Crippen molar-refractivity contribution in [1.29, 1.82) is 0 Å². The van der Waals surface area contributed by atoms with Crippen molar-refractivity contribution in [3.8, 4) is 0 Å². The van der Waals surface area contributed by atoms with Crippen molar-refractivity contribution < 1.29 is 4.79 Å². The molecule has 22 heavy (non-hydrogen) atoms. The monoisotopic (exact) mass is 294 g/mol. The zero-order chi connectivity index (χ0) is 15.4. The summed E-state index contributed by atoms with van der Waals surface area (Å²) in [7, 11) is 0. The van der Waals surface area contributed by atoms with Crippen LogP contribution in [0.5, 0.6) is 0 Å². The lowest BCUT2D eigenvalue weighted by Gasteiger charge is -2.11. The Morgan fingerprint density at radius 3 is 2.64 bits per heavy atom. The second kappa shape index (κ2) is 6.65. The maximum atomic E-state index is 12.1. The van der Waals surface area contributed by atoms with Gasteiger partial charge in [-0.3, -0.25) is 0 Å². The molecule has 0 aliphatic heterocycles. The Kier molecular flexibility index (Phi) is 4.42. The van der Waals surface area contributed by atoms with E-state index < -0.39 is 0 Å². The van der Waals surface area contributed by atoms with Gasteiger partial charge in [-0.1, -0.05) is 54.8 Å². The highest BCUT2D eigenvalue weighted by atomic mass is 16.2. The molecule has 2 amide bonds. The molecule has 0 radical (unpaired) electrons. The molecule has 3 heteroatoms. The largest absolute Gasteiger partial charge is 0.323 e. The van der Waals surface area contributed by atoms with Crippen LogP contribution < -0.4 is 10.6 Å². The van der Waals surface area contributed by atoms with Gasteiger partial charge in [-0.2, -0.15) is 0 Å². The molecule has 2 aromatic rings. The summed E-state index contributed by atoms with van der Waals surface area (Å²) in [5.74, 6) is 0.637. The highest BCUT2D eigenvalue weighted by molar-refractivity contribution is 6.01. The van der Waals surface area contributed by atoms with Crippen LogP contribution in [0.1, 0.15) is 32.6 Å². The van der Waals surface area contributed by atoms with Gasteiger partial charge in [0.2, 0.25) is 0 Å². The predicted molar refractivity (Wildman–Crippen MR) is 91.8 cm³/mol. The number of urea groups is 1. The number of hydrogen-bond acceptors (Lipinski definition) is 1. The maximum absolute atomic E-state index is 12.1. The van der Waals surface area contributed by atoms with Crippen LogP contribution in [0.3, 0.4) is 0 Å². The van der Waals surface area contributed by atoms with Crippen LogP contribution in [-0.2, 0) is 0 Å².